The standard InChI is InChI=1S/C19H23N3O6S/c1-4-18(14-8-10-17(28-2)11-9-14)20-19(23)13-21(29(3,26)27)15-6-5-7-16(12-15)22(24)25/h5-12,18H,4,13H2,1-3H3,(H,20,23)/t18-/m0/s1. The molecule has 0 heterocycles. The number of nitrogens with zero attached hydrogens (tertiary/aromatic N) is 2. The molecule has 9 nitrogen and oxygen atoms in total. The fourth-order valence-corrected chi connectivity index (χ4v) is 3.64. The Kier molecular flexibility index (Phi) is 7.16. The van der Waals surface area contributed by atoms with Gasteiger partial charge in [0.05, 0.1) is 30.0 Å². The maximum Gasteiger partial charge on any atom is 0.271 e. The number of carbonyl (C=O) groups is 1. The van der Waals surface area contributed by atoms with Gasteiger partial charge in [-0.2, -0.15) is 0 Å². The van der Waals surface area contributed by atoms with Gasteiger partial charge in [-0.25, -0.2) is 8.42 Å². The van der Waals surface area contributed by atoms with Crippen molar-refractivity contribution in [2.75, 3.05) is 24.2 Å². The Morgan fingerprint density at radius 3 is 2.41 bits per heavy atom. The van der Waals surface area contributed by atoms with Crippen molar-refractivity contribution in [1.29, 1.82) is 0 Å². The van der Waals surface area contributed by atoms with Crippen LogP contribution in [0, 0.1) is 10.1 Å². The number of carbonyl (C=O) groups excluding carboxylic acids is 1. The highest BCUT2D eigenvalue weighted by molar-refractivity contribution is 7.92. The molecule has 1 amide bonds. The zero-order chi connectivity index (χ0) is 21.6. The highest BCUT2D eigenvalue weighted by Gasteiger charge is 2.24. The van der Waals surface area contributed by atoms with Gasteiger partial charge in [0.1, 0.15) is 12.3 Å². The van der Waals surface area contributed by atoms with E-state index < -0.39 is 27.4 Å². The minimum Gasteiger partial charge on any atom is -0.497 e. The van der Waals surface area contributed by atoms with Gasteiger partial charge in [0.25, 0.3) is 5.69 Å². The lowest BCUT2D eigenvalue weighted by Crippen LogP contribution is -2.41. The molecule has 2 rings (SSSR count). The van der Waals surface area contributed by atoms with Gasteiger partial charge in [0, 0.05) is 12.1 Å². The number of non-ortho nitro benzene ring substituents is 1. The van der Waals surface area contributed by atoms with Crippen LogP contribution in [0.15, 0.2) is 48.5 Å². The molecule has 1 N–H and O–H groups in total. The monoisotopic (exact) mass is 421 g/mol. The Morgan fingerprint density at radius 1 is 1.24 bits per heavy atom. The molecular weight excluding hydrogens is 398 g/mol. The number of ether oxygens (including phenoxy) is 1. The maximum atomic E-state index is 12.6. The number of rotatable bonds is 9. The molecule has 0 fully saturated rings. The molecule has 0 saturated heterocycles. The first-order valence-corrected chi connectivity index (χ1v) is 10.7. The Hall–Kier alpha value is -3.14. The van der Waals surface area contributed by atoms with Crippen molar-refractivity contribution in [3.8, 4) is 5.75 Å². The third-order valence-corrected chi connectivity index (χ3v) is 5.42. The molecule has 156 valence electrons. The van der Waals surface area contributed by atoms with E-state index >= 15 is 0 Å². The van der Waals surface area contributed by atoms with Gasteiger partial charge in [0.15, 0.2) is 0 Å². The number of benzene rings is 2. The van der Waals surface area contributed by atoms with Gasteiger partial charge in [0.2, 0.25) is 15.9 Å². The second kappa shape index (κ2) is 9.37. The van der Waals surface area contributed by atoms with Gasteiger partial charge >= 0.3 is 0 Å². The summed E-state index contributed by atoms with van der Waals surface area (Å²) >= 11 is 0. The second-order valence-corrected chi connectivity index (χ2v) is 8.25. The number of amides is 1. The molecule has 2 aromatic carbocycles. The van der Waals surface area contributed by atoms with Crippen molar-refractivity contribution in [2.45, 2.75) is 19.4 Å². The van der Waals surface area contributed by atoms with Crippen LogP contribution in [0.4, 0.5) is 11.4 Å². The van der Waals surface area contributed by atoms with Crippen molar-refractivity contribution in [1.82, 2.24) is 5.32 Å². The summed E-state index contributed by atoms with van der Waals surface area (Å²) in [5.41, 5.74) is 0.637. The van der Waals surface area contributed by atoms with Crippen LogP contribution in [0.5, 0.6) is 5.75 Å². The molecule has 10 heteroatoms. The van der Waals surface area contributed by atoms with E-state index in [1.54, 1.807) is 19.2 Å². The van der Waals surface area contributed by atoms with Gasteiger partial charge < -0.3 is 10.1 Å². The summed E-state index contributed by atoms with van der Waals surface area (Å²) in [6.45, 7) is 1.40. The first-order chi connectivity index (χ1) is 13.7. The average Bonchev–Trinajstić information content (AvgIpc) is 2.69. The molecule has 2 aromatic rings. The molecule has 0 unspecified atom stereocenters. The molecule has 0 spiro atoms. The topological polar surface area (TPSA) is 119 Å². The molecule has 0 aliphatic carbocycles. The summed E-state index contributed by atoms with van der Waals surface area (Å²) in [4.78, 5) is 22.9. The lowest BCUT2D eigenvalue weighted by Gasteiger charge is -2.24. The van der Waals surface area contributed by atoms with E-state index in [4.69, 9.17) is 4.74 Å². The number of hydrogen-bond donors (Lipinski definition) is 1. The third-order valence-electron chi connectivity index (χ3n) is 4.28. The van der Waals surface area contributed by atoms with E-state index in [0.717, 1.165) is 22.2 Å². The Morgan fingerprint density at radius 2 is 1.90 bits per heavy atom. The van der Waals surface area contributed by atoms with Crippen LogP contribution in [0.1, 0.15) is 24.9 Å². The highest BCUT2D eigenvalue weighted by Crippen LogP contribution is 2.24. The normalized spacial score (nSPS) is 12.1. The summed E-state index contributed by atoms with van der Waals surface area (Å²) in [7, 11) is -2.28. The largest absolute Gasteiger partial charge is 0.497 e. The Bertz CT molecular complexity index is 976. The van der Waals surface area contributed by atoms with Crippen molar-refractivity contribution in [3.63, 3.8) is 0 Å². The van der Waals surface area contributed by atoms with Crippen LogP contribution in [-0.4, -0.2) is 39.2 Å². The number of nitro benzene ring substituents is 1. The van der Waals surface area contributed by atoms with E-state index in [1.165, 1.54) is 18.2 Å². The number of anilines is 1. The van der Waals surface area contributed by atoms with Crippen LogP contribution in [0.2, 0.25) is 0 Å². The van der Waals surface area contributed by atoms with Crippen LogP contribution in [0.25, 0.3) is 0 Å². The van der Waals surface area contributed by atoms with Gasteiger partial charge in [-0.15, -0.1) is 0 Å². The average molecular weight is 421 g/mol. The van der Waals surface area contributed by atoms with Crippen LogP contribution in [-0.2, 0) is 14.8 Å². The molecule has 29 heavy (non-hydrogen) atoms. The van der Waals surface area contributed by atoms with Crippen LogP contribution in [0.3, 0.4) is 0 Å². The van der Waals surface area contributed by atoms with E-state index in [1.807, 2.05) is 19.1 Å². The second-order valence-electron chi connectivity index (χ2n) is 6.35. The van der Waals surface area contributed by atoms with Crippen molar-refractivity contribution < 1.29 is 22.9 Å². The fraction of sp³-hybridized carbons (Fsp3) is 0.316. The Labute approximate surface area is 169 Å². The molecule has 0 aliphatic heterocycles. The minimum atomic E-state index is -3.84. The number of sulfonamides is 1. The molecule has 1 atom stereocenters. The zero-order valence-corrected chi connectivity index (χ0v) is 17.2. The molecule has 0 aliphatic rings. The number of methoxy groups -OCH3 is 1. The van der Waals surface area contributed by atoms with Gasteiger partial charge in [-0.3, -0.25) is 19.2 Å². The van der Waals surface area contributed by atoms with Crippen molar-refractivity contribution in [2.24, 2.45) is 0 Å². The number of hydrogen-bond acceptors (Lipinski definition) is 6. The summed E-state index contributed by atoms with van der Waals surface area (Å²) in [6.07, 6.45) is 1.54. The molecule has 0 saturated carbocycles. The summed E-state index contributed by atoms with van der Waals surface area (Å²) in [5, 5.41) is 13.8. The lowest BCUT2D eigenvalue weighted by molar-refractivity contribution is -0.384. The smallest absolute Gasteiger partial charge is 0.271 e. The van der Waals surface area contributed by atoms with Crippen molar-refractivity contribution >= 4 is 27.3 Å². The van der Waals surface area contributed by atoms with E-state index in [-0.39, 0.29) is 17.4 Å². The fourth-order valence-electron chi connectivity index (χ4n) is 2.79. The molecule has 0 bridgehead atoms. The number of nitrogens with one attached hydrogen (secondary N) is 1. The third kappa shape index (κ3) is 5.92. The quantitative estimate of drug-likeness (QED) is 0.491. The van der Waals surface area contributed by atoms with Crippen LogP contribution >= 0.6 is 0 Å². The molecule has 0 radical (unpaired) electrons. The predicted octanol–water partition coefficient (Wildman–Crippen LogP) is 2.64. The van der Waals surface area contributed by atoms with Crippen molar-refractivity contribution in [3.05, 3.63) is 64.2 Å². The first kappa shape index (κ1) is 22.2. The van der Waals surface area contributed by atoms with E-state index in [9.17, 15) is 23.3 Å². The van der Waals surface area contributed by atoms with Crippen LogP contribution < -0.4 is 14.4 Å². The highest BCUT2D eigenvalue weighted by atomic mass is 32.2. The zero-order valence-electron chi connectivity index (χ0n) is 16.4. The van der Waals surface area contributed by atoms with Gasteiger partial charge in [-0.05, 0) is 30.2 Å². The summed E-state index contributed by atoms with van der Waals surface area (Å²) < 4.78 is 30.4. The lowest BCUT2D eigenvalue weighted by atomic mass is 10.0. The summed E-state index contributed by atoms with van der Waals surface area (Å²) in [6, 6.07) is 12.0. The van der Waals surface area contributed by atoms with E-state index in [2.05, 4.69) is 5.32 Å². The van der Waals surface area contributed by atoms with Gasteiger partial charge in [-0.1, -0.05) is 25.1 Å². The summed E-state index contributed by atoms with van der Waals surface area (Å²) in [5.74, 6) is 0.161. The number of nitro groups is 1. The van der Waals surface area contributed by atoms with E-state index in [0.29, 0.717) is 12.2 Å². The first-order valence-electron chi connectivity index (χ1n) is 8.81. The molecule has 0 aromatic heterocycles. The SMILES string of the molecule is CC[C@H](NC(=O)CN(c1cccc([N+](=O)[O-])c1)S(C)(=O)=O)c1ccc(OC)cc1. The maximum absolute atomic E-state index is 12.6. The minimum absolute atomic E-state index is 0.0503. The predicted molar refractivity (Wildman–Crippen MR) is 109 cm³/mol. The molecular formula is C19H23N3O6S. The Balaban J connectivity index is 2.21.